The van der Waals surface area contributed by atoms with E-state index in [4.69, 9.17) is 0 Å². The number of hydrogen-bond acceptors (Lipinski definition) is 3. The van der Waals surface area contributed by atoms with Crippen LogP contribution in [0.2, 0.25) is 0 Å². The highest BCUT2D eigenvalue weighted by Gasteiger charge is 2.11. The third-order valence-corrected chi connectivity index (χ3v) is 1.92. The first-order chi connectivity index (χ1) is 6.02. The Labute approximate surface area is 76.0 Å². The molecule has 0 aliphatic heterocycles. The van der Waals surface area contributed by atoms with Gasteiger partial charge in [0.2, 0.25) is 0 Å². The topological polar surface area (TPSA) is 63.4 Å². The van der Waals surface area contributed by atoms with Crippen LogP contribution in [0, 0.1) is 17.0 Å². The molecule has 0 aliphatic rings. The van der Waals surface area contributed by atoms with Crippen molar-refractivity contribution in [1.29, 1.82) is 0 Å². The molecule has 0 aromatic heterocycles. The fourth-order valence-electron chi connectivity index (χ4n) is 1.19. The fraction of sp³-hybridized carbons (Fsp3) is 0.333. The zero-order chi connectivity index (χ0) is 10.0. The molecule has 1 rings (SSSR count). The van der Waals surface area contributed by atoms with E-state index in [0.717, 1.165) is 5.56 Å². The van der Waals surface area contributed by atoms with E-state index >= 15 is 0 Å². The Bertz CT molecular complexity index is 334. The van der Waals surface area contributed by atoms with E-state index in [1.807, 2.05) is 6.92 Å². The lowest BCUT2D eigenvalue weighted by molar-refractivity contribution is -0.385. The Morgan fingerprint density at radius 2 is 2.15 bits per heavy atom. The number of nitro benzene ring substituents is 1. The Hall–Kier alpha value is -1.42. The van der Waals surface area contributed by atoms with Crippen molar-refractivity contribution < 1.29 is 10.0 Å². The summed E-state index contributed by atoms with van der Waals surface area (Å²) in [5.74, 6) is 0. The summed E-state index contributed by atoms with van der Waals surface area (Å²) in [6.45, 7) is 3.40. The predicted molar refractivity (Wildman–Crippen MR) is 48.5 cm³/mol. The van der Waals surface area contributed by atoms with Crippen LogP contribution in [-0.2, 0) is 0 Å². The molecule has 0 amide bonds. The summed E-state index contributed by atoms with van der Waals surface area (Å²) in [5.41, 5.74) is 1.48. The summed E-state index contributed by atoms with van der Waals surface area (Å²) in [6, 6.07) is 4.47. The molecular weight excluding hydrogens is 170 g/mol. The van der Waals surface area contributed by atoms with Gasteiger partial charge in [-0.05, 0) is 25.0 Å². The van der Waals surface area contributed by atoms with Gasteiger partial charge in [0, 0.05) is 12.1 Å². The van der Waals surface area contributed by atoms with Gasteiger partial charge in [0.25, 0.3) is 5.69 Å². The molecule has 4 nitrogen and oxygen atoms in total. The lowest BCUT2D eigenvalue weighted by Gasteiger charge is -2.07. The number of rotatable bonds is 2. The molecule has 1 aromatic rings. The Balaban J connectivity index is 3.19. The van der Waals surface area contributed by atoms with E-state index < -0.39 is 11.0 Å². The summed E-state index contributed by atoms with van der Waals surface area (Å²) in [4.78, 5) is 9.94. The van der Waals surface area contributed by atoms with Gasteiger partial charge in [-0.25, -0.2) is 0 Å². The molecule has 0 radical (unpaired) electrons. The number of nitrogens with zero attached hydrogens (tertiary/aromatic N) is 1. The molecule has 1 aromatic carbocycles. The molecule has 0 heterocycles. The highest BCUT2D eigenvalue weighted by molar-refractivity contribution is 5.40. The van der Waals surface area contributed by atoms with Crippen molar-refractivity contribution in [3.8, 4) is 0 Å². The van der Waals surface area contributed by atoms with Crippen molar-refractivity contribution in [1.82, 2.24) is 0 Å². The van der Waals surface area contributed by atoms with Gasteiger partial charge in [-0.1, -0.05) is 6.07 Å². The molecule has 0 aliphatic carbocycles. The average molecular weight is 181 g/mol. The van der Waals surface area contributed by atoms with Gasteiger partial charge < -0.3 is 5.11 Å². The van der Waals surface area contributed by atoms with Crippen LogP contribution in [-0.4, -0.2) is 10.0 Å². The van der Waals surface area contributed by atoms with Gasteiger partial charge in [-0.3, -0.25) is 10.1 Å². The van der Waals surface area contributed by atoms with E-state index in [-0.39, 0.29) is 5.69 Å². The van der Waals surface area contributed by atoms with E-state index in [1.165, 1.54) is 12.1 Å². The molecule has 1 unspecified atom stereocenters. The summed E-state index contributed by atoms with van der Waals surface area (Å²) >= 11 is 0. The van der Waals surface area contributed by atoms with Crippen LogP contribution >= 0.6 is 0 Å². The van der Waals surface area contributed by atoms with Gasteiger partial charge in [-0.15, -0.1) is 0 Å². The van der Waals surface area contributed by atoms with Gasteiger partial charge in [-0.2, -0.15) is 0 Å². The van der Waals surface area contributed by atoms with Crippen LogP contribution in [0.5, 0.6) is 0 Å². The molecule has 0 saturated heterocycles. The van der Waals surface area contributed by atoms with Crippen LogP contribution in [0.15, 0.2) is 18.2 Å². The second-order valence-corrected chi connectivity index (χ2v) is 2.97. The lowest BCUT2D eigenvalue weighted by atomic mass is 10.0. The zero-order valence-corrected chi connectivity index (χ0v) is 7.52. The summed E-state index contributed by atoms with van der Waals surface area (Å²) in [7, 11) is 0. The molecule has 13 heavy (non-hydrogen) atoms. The lowest BCUT2D eigenvalue weighted by Crippen LogP contribution is -1.97. The standard InChI is InChI=1S/C9H11NO3/c1-6-3-4-8(10(12)13)5-9(6)7(2)11/h3-5,7,11H,1-2H3. The minimum absolute atomic E-state index is 0.0153. The number of aliphatic hydroxyl groups is 1. The molecule has 1 N–H and O–H groups in total. The fourth-order valence-corrected chi connectivity index (χ4v) is 1.19. The van der Waals surface area contributed by atoms with Gasteiger partial charge in [0.15, 0.2) is 0 Å². The number of benzene rings is 1. The maximum absolute atomic E-state index is 10.4. The molecule has 1 atom stereocenters. The largest absolute Gasteiger partial charge is 0.389 e. The maximum Gasteiger partial charge on any atom is 0.269 e. The SMILES string of the molecule is Cc1ccc([N+](=O)[O-])cc1C(C)O. The molecule has 0 saturated carbocycles. The van der Waals surface area contributed by atoms with Crippen molar-refractivity contribution in [3.05, 3.63) is 39.4 Å². The number of aryl methyl sites for hydroxylation is 1. The van der Waals surface area contributed by atoms with E-state index in [0.29, 0.717) is 5.56 Å². The number of nitro groups is 1. The highest BCUT2D eigenvalue weighted by Crippen LogP contribution is 2.22. The minimum atomic E-state index is -0.667. The van der Waals surface area contributed by atoms with E-state index in [2.05, 4.69) is 0 Å². The maximum atomic E-state index is 10.4. The average Bonchev–Trinajstić information content (AvgIpc) is 2.04. The predicted octanol–water partition coefficient (Wildman–Crippen LogP) is 1.96. The normalized spacial score (nSPS) is 12.5. The van der Waals surface area contributed by atoms with Crippen molar-refractivity contribution in [2.24, 2.45) is 0 Å². The van der Waals surface area contributed by atoms with Crippen LogP contribution in [0.3, 0.4) is 0 Å². The molecule has 0 bridgehead atoms. The quantitative estimate of drug-likeness (QED) is 0.560. The first-order valence-corrected chi connectivity index (χ1v) is 3.95. The van der Waals surface area contributed by atoms with Crippen LogP contribution in [0.4, 0.5) is 5.69 Å². The smallest absolute Gasteiger partial charge is 0.269 e. The molecule has 0 fully saturated rings. The first-order valence-electron chi connectivity index (χ1n) is 3.95. The van der Waals surface area contributed by atoms with Crippen LogP contribution < -0.4 is 0 Å². The second-order valence-electron chi connectivity index (χ2n) is 2.97. The van der Waals surface area contributed by atoms with Gasteiger partial charge >= 0.3 is 0 Å². The summed E-state index contributed by atoms with van der Waals surface area (Å²) < 4.78 is 0. The summed E-state index contributed by atoms with van der Waals surface area (Å²) in [5, 5.41) is 19.7. The zero-order valence-electron chi connectivity index (χ0n) is 7.52. The number of hydrogen-bond donors (Lipinski definition) is 1. The van der Waals surface area contributed by atoms with Gasteiger partial charge in [0.1, 0.15) is 0 Å². The Morgan fingerprint density at radius 1 is 1.54 bits per heavy atom. The number of aliphatic hydroxyl groups excluding tert-OH is 1. The second kappa shape index (κ2) is 3.53. The van der Waals surface area contributed by atoms with Crippen molar-refractivity contribution in [3.63, 3.8) is 0 Å². The van der Waals surface area contributed by atoms with Crippen molar-refractivity contribution in [2.75, 3.05) is 0 Å². The molecule has 0 spiro atoms. The first kappa shape index (κ1) is 9.67. The third kappa shape index (κ3) is 2.03. The van der Waals surface area contributed by atoms with Crippen molar-refractivity contribution in [2.45, 2.75) is 20.0 Å². The minimum Gasteiger partial charge on any atom is -0.389 e. The van der Waals surface area contributed by atoms with E-state index in [9.17, 15) is 15.2 Å². The summed E-state index contributed by atoms with van der Waals surface area (Å²) in [6.07, 6.45) is -0.667. The highest BCUT2D eigenvalue weighted by atomic mass is 16.6. The van der Waals surface area contributed by atoms with E-state index in [1.54, 1.807) is 13.0 Å². The number of non-ortho nitro benzene ring substituents is 1. The Kier molecular flexibility index (Phi) is 2.63. The van der Waals surface area contributed by atoms with Crippen LogP contribution in [0.1, 0.15) is 24.2 Å². The monoisotopic (exact) mass is 181 g/mol. The van der Waals surface area contributed by atoms with Crippen molar-refractivity contribution >= 4 is 5.69 Å². The van der Waals surface area contributed by atoms with Crippen LogP contribution in [0.25, 0.3) is 0 Å². The third-order valence-electron chi connectivity index (χ3n) is 1.92. The van der Waals surface area contributed by atoms with Gasteiger partial charge in [0.05, 0.1) is 11.0 Å². The molecule has 70 valence electrons. The molecule has 4 heteroatoms. The molecular formula is C9H11NO3. The Morgan fingerprint density at radius 3 is 2.62 bits per heavy atom.